The Morgan fingerprint density at radius 1 is 1.43 bits per heavy atom. The van der Waals surface area contributed by atoms with Crippen LogP contribution in [0.3, 0.4) is 0 Å². The van der Waals surface area contributed by atoms with Crippen molar-refractivity contribution in [1.29, 1.82) is 0 Å². The van der Waals surface area contributed by atoms with Crippen LogP contribution in [0.15, 0.2) is 23.1 Å². The molecule has 0 saturated carbocycles. The second kappa shape index (κ2) is 5.75. The molecule has 21 heavy (non-hydrogen) atoms. The highest BCUT2D eigenvalue weighted by Gasteiger charge is 2.35. The summed E-state index contributed by atoms with van der Waals surface area (Å²) in [5.74, 6) is -1.13. The zero-order chi connectivity index (χ0) is 15.8. The van der Waals surface area contributed by atoms with Crippen LogP contribution in [0, 0.1) is 6.92 Å². The van der Waals surface area contributed by atoms with Gasteiger partial charge in [0.15, 0.2) is 0 Å². The molecule has 1 fully saturated rings. The van der Waals surface area contributed by atoms with Crippen LogP contribution in [0.25, 0.3) is 0 Å². The Balaban J connectivity index is 2.39. The van der Waals surface area contributed by atoms with Gasteiger partial charge >= 0.3 is 5.97 Å². The van der Waals surface area contributed by atoms with E-state index in [-0.39, 0.29) is 22.6 Å². The van der Waals surface area contributed by atoms with E-state index in [0.717, 1.165) is 0 Å². The van der Waals surface area contributed by atoms with Gasteiger partial charge in [-0.05, 0) is 38.0 Å². The summed E-state index contributed by atoms with van der Waals surface area (Å²) in [5, 5.41) is 9.12. The van der Waals surface area contributed by atoms with E-state index in [1.165, 1.54) is 29.6 Å². The second-order valence-electron chi connectivity index (χ2n) is 5.24. The molecule has 1 aromatic carbocycles. The van der Waals surface area contributed by atoms with Crippen molar-refractivity contribution >= 4 is 16.0 Å². The fraction of sp³-hybridized carbons (Fsp3) is 0.500. The predicted octanol–water partition coefficient (Wildman–Crippen LogP) is 1.49. The monoisotopic (exact) mass is 313 g/mol. The molecule has 0 aliphatic carbocycles. The normalized spacial score (nSPS) is 22.7. The van der Waals surface area contributed by atoms with Gasteiger partial charge in [-0.25, -0.2) is 13.2 Å². The molecule has 0 aromatic heterocycles. The molecule has 116 valence electrons. The molecule has 7 heteroatoms. The molecule has 0 bridgehead atoms. The summed E-state index contributed by atoms with van der Waals surface area (Å²) in [6, 6.07) is 3.93. The molecule has 1 heterocycles. The van der Waals surface area contributed by atoms with Crippen molar-refractivity contribution in [2.45, 2.75) is 37.3 Å². The minimum absolute atomic E-state index is 0.000181. The van der Waals surface area contributed by atoms with E-state index < -0.39 is 16.0 Å². The molecule has 2 rings (SSSR count). The number of carboxylic acids is 1. The number of carboxylic acid groups (broad SMARTS) is 1. The van der Waals surface area contributed by atoms with Crippen molar-refractivity contribution in [3.63, 3.8) is 0 Å². The Morgan fingerprint density at radius 2 is 2.10 bits per heavy atom. The molecule has 1 aliphatic rings. The van der Waals surface area contributed by atoms with E-state index in [1.54, 1.807) is 6.92 Å². The van der Waals surface area contributed by atoms with E-state index >= 15 is 0 Å². The summed E-state index contributed by atoms with van der Waals surface area (Å²) >= 11 is 0. The van der Waals surface area contributed by atoms with Gasteiger partial charge in [0.05, 0.1) is 22.6 Å². The molecule has 0 spiro atoms. The topological polar surface area (TPSA) is 83.9 Å². The van der Waals surface area contributed by atoms with Crippen LogP contribution in [0.4, 0.5) is 0 Å². The van der Waals surface area contributed by atoms with Gasteiger partial charge in [-0.3, -0.25) is 0 Å². The number of sulfonamides is 1. The van der Waals surface area contributed by atoms with Gasteiger partial charge in [0.1, 0.15) is 0 Å². The number of hydrogen-bond acceptors (Lipinski definition) is 4. The molecule has 1 aliphatic heterocycles. The Bertz CT molecular complexity index is 655. The molecule has 0 amide bonds. The molecule has 1 aromatic rings. The molecule has 0 radical (unpaired) electrons. The fourth-order valence-electron chi connectivity index (χ4n) is 2.53. The van der Waals surface area contributed by atoms with Gasteiger partial charge in [0, 0.05) is 13.7 Å². The first-order valence-corrected chi connectivity index (χ1v) is 8.12. The Kier molecular flexibility index (Phi) is 4.36. The summed E-state index contributed by atoms with van der Waals surface area (Å²) in [7, 11) is -2.23. The number of aryl methyl sites for hydroxylation is 1. The van der Waals surface area contributed by atoms with E-state index in [0.29, 0.717) is 18.6 Å². The quantitative estimate of drug-likeness (QED) is 0.910. The highest BCUT2D eigenvalue weighted by molar-refractivity contribution is 7.89. The Morgan fingerprint density at radius 3 is 2.62 bits per heavy atom. The van der Waals surface area contributed by atoms with E-state index in [1.807, 2.05) is 6.92 Å². The van der Waals surface area contributed by atoms with Crippen molar-refractivity contribution < 1.29 is 23.1 Å². The highest BCUT2D eigenvalue weighted by atomic mass is 32.2. The van der Waals surface area contributed by atoms with Crippen molar-refractivity contribution in [3.8, 4) is 0 Å². The summed E-state index contributed by atoms with van der Waals surface area (Å²) in [6.45, 7) is 4.00. The highest BCUT2D eigenvalue weighted by Crippen LogP contribution is 2.25. The van der Waals surface area contributed by atoms with Crippen molar-refractivity contribution in [2.75, 3.05) is 13.7 Å². The predicted molar refractivity (Wildman–Crippen MR) is 76.9 cm³/mol. The summed E-state index contributed by atoms with van der Waals surface area (Å²) in [6.07, 6.45) is 0.461. The summed E-state index contributed by atoms with van der Waals surface area (Å²) < 4.78 is 31.9. The number of rotatable bonds is 4. The van der Waals surface area contributed by atoms with Crippen molar-refractivity contribution in [3.05, 3.63) is 29.3 Å². The maximum absolute atomic E-state index is 12.6. The Hall–Kier alpha value is -1.44. The zero-order valence-electron chi connectivity index (χ0n) is 12.2. The third-order valence-corrected chi connectivity index (χ3v) is 5.80. The average Bonchev–Trinajstić information content (AvgIpc) is 2.83. The molecule has 2 atom stereocenters. The number of benzene rings is 1. The maximum Gasteiger partial charge on any atom is 0.335 e. The first-order chi connectivity index (χ1) is 9.75. The van der Waals surface area contributed by atoms with Crippen LogP contribution >= 0.6 is 0 Å². The van der Waals surface area contributed by atoms with Gasteiger partial charge < -0.3 is 9.84 Å². The third kappa shape index (κ3) is 2.95. The van der Waals surface area contributed by atoms with Crippen LogP contribution in [-0.4, -0.2) is 49.6 Å². The van der Waals surface area contributed by atoms with Gasteiger partial charge in [-0.2, -0.15) is 4.31 Å². The van der Waals surface area contributed by atoms with Gasteiger partial charge in [0.2, 0.25) is 10.0 Å². The number of carbonyl (C=O) groups is 1. The second-order valence-corrected chi connectivity index (χ2v) is 7.23. The zero-order valence-corrected chi connectivity index (χ0v) is 13.1. The van der Waals surface area contributed by atoms with Crippen molar-refractivity contribution in [2.24, 2.45) is 0 Å². The largest absolute Gasteiger partial charge is 0.478 e. The number of nitrogens with zero attached hydrogens (tertiary/aromatic N) is 1. The molecular weight excluding hydrogens is 294 g/mol. The molecule has 1 N–H and O–H groups in total. The van der Waals surface area contributed by atoms with Crippen molar-refractivity contribution in [1.82, 2.24) is 4.31 Å². The standard InChI is InChI=1S/C14H19NO5S/c1-9-4-5-11(8-12(9)14(16)17)21(18,19)15(3)13-6-7-20-10(13)2/h4-5,8,10,13H,6-7H2,1-3H3,(H,16,17). The smallest absolute Gasteiger partial charge is 0.335 e. The van der Waals surface area contributed by atoms with Gasteiger partial charge in [-0.15, -0.1) is 0 Å². The molecular formula is C14H19NO5S. The number of aromatic carboxylic acids is 1. The lowest BCUT2D eigenvalue weighted by atomic mass is 10.1. The number of likely N-dealkylation sites (N-methyl/N-ethyl adjacent to an activating group) is 1. The minimum Gasteiger partial charge on any atom is -0.478 e. The first kappa shape index (κ1) is 15.9. The van der Waals surface area contributed by atoms with Crippen LogP contribution in [0.1, 0.15) is 29.3 Å². The average molecular weight is 313 g/mol. The SMILES string of the molecule is Cc1ccc(S(=O)(=O)N(C)C2CCOC2C)cc1C(=O)O. The first-order valence-electron chi connectivity index (χ1n) is 6.68. The lowest BCUT2D eigenvalue weighted by Gasteiger charge is -2.26. The van der Waals surface area contributed by atoms with Gasteiger partial charge in [0.25, 0.3) is 0 Å². The van der Waals surface area contributed by atoms with E-state index in [9.17, 15) is 13.2 Å². The van der Waals surface area contributed by atoms with E-state index in [4.69, 9.17) is 9.84 Å². The molecule has 6 nitrogen and oxygen atoms in total. The van der Waals surface area contributed by atoms with Crippen LogP contribution < -0.4 is 0 Å². The fourth-order valence-corrected chi connectivity index (χ4v) is 4.01. The number of ether oxygens (including phenoxy) is 1. The lowest BCUT2D eigenvalue weighted by molar-refractivity contribution is 0.0695. The van der Waals surface area contributed by atoms with Crippen LogP contribution in [0.2, 0.25) is 0 Å². The summed E-state index contributed by atoms with van der Waals surface area (Å²) in [4.78, 5) is 11.1. The van der Waals surface area contributed by atoms with E-state index in [2.05, 4.69) is 0 Å². The molecule has 2 unspecified atom stereocenters. The molecule has 1 saturated heterocycles. The lowest BCUT2D eigenvalue weighted by Crippen LogP contribution is -2.40. The minimum atomic E-state index is -3.74. The third-order valence-electron chi connectivity index (χ3n) is 3.92. The number of hydrogen-bond donors (Lipinski definition) is 1. The van der Waals surface area contributed by atoms with Gasteiger partial charge in [-0.1, -0.05) is 6.07 Å². The summed E-state index contributed by atoms with van der Waals surface area (Å²) in [5.41, 5.74) is 0.530. The van der Waals surface area contributed by atoms with Crippen LogP contribution in [0.5, 0.6) is 0 Å². The Labute approximate surface area is 124 Å². The maximum atomic E-state index is 12.6. The van der Waals surface area contributed by atoms with Crippen LogP contribution in [-0.2, 0) is 14.8 Å².